The fraction of sp³-hybridized carbons (Fsp3) is 0.625. The Bertz CT molecular complexity index is 380. The molecular formula is C16H26NO3+. The molecule has 1 fully saturated rings. The van der Waals surface area contributed by atoms with Gasteiger partial charge >= 0.3 is 0 Å². The minimum atomic E-state index is 0.712. The van der Waals surface area contributed by atoms with E-state index in [4.69, 9.17) is 14.2 Å². The topological polar surface area (TPSA) is 32.1 Å². The van der Waals surface area contributed by atoms with Gasteiger partial charge < -0.3 is 19.1 Å². The summed E-state index contributed by atoms with van der Waals surface area (Å²) in [6.07, 6.45) is 5.08. The minimum Gasteiger partial charge on any atom is -0.493 e. The van der Waals surface area contributed by atoms with Crippen LogP contribution in [0.1, 0.15) is 25.7 Å². The molecular weight excluding hydrogens is 254 g/mol. The average Bonchev–Trinajstić information content (AvgIpc) is 3.00. The molecule has 0 unspecified atom stereocenters. The zero-order valence-electron chi connectivity index (χ0n) is 12.6. The van der Waals surface area contributed by atoms with Crippen molar-refractivity contribution in [2.45, 2.75) is 25.7 Å². The van der Waals surface area contributed by atoms with Gasteiger partial charge in [0, 0.05) is 12.8 Å². The summed E-state index contributed by atoms with van der Waals surface area (Å²) in [5.41, 5.74) is 0. The van der Waals surface area contributed by atoms with Crippen LogP contribution in [0.2, 0.25) is 0 Å². The Hall–Kier alpha value is -1.42. The number of methoxy groups -OCH3 is 2. The quantitative estimate of drug-likeness (QED) is 0.733. The molecule has 0 amide bonds. The van der Waals surface area contributed by atoms with Crippen molar-refractivity contribution in [3.05, 3.63) is 18.2 Å². The van der Waals surface area contributed by atoms with Crippen molar-refractivity contribution in [1.82, 2.24) is 0 Å². The molecule has 1 aromatic carbocycles. The van der Waals surface area contributed by atoms with Gasteiger partial charge in [-0.25, -0.2) is 0 Å². The highest BCUT2D eigenvalue weighted by atomic mass is 16.5. The summed E-state index contributed by atoms with van der Waals surface area (Å²) in [7, 11) is 3.30. The molecule has 1 N–H and O–H groups in total. The molecule has 0 bridgehead atoms. The second kappa shape index (κ2) is 8.00. The van der Waals surface area contributed by atoms with Crippen LogP contribution < -0.4 is 19.1 Å². The van der Waals surface area contributed by atoms with E-state index in [9.17, 15) is 0 Å². The van der Waals surface area contributed by atoms with Gasteiger partial charge in [-0.05, 0) is 25.0 Å². The minimum absolute atomic E-state index is 0.712. The lowest BCUT2D eigenvalue weighted by Gasteiger charge is -2.15. The highest BCUT2D eigenvalue weighted by Crippen LogP contribution is 2.36. The molecule has 112 valence electrons. The predicted molar refractivity (Wildman–Crippen MR) is 79.1 cm³/mol. The van der Waals surface area contributed by atoms with E-state index in [1.807, 2.05) is 18.2 Å². The molecule has 1 saturated heterocycles. The molecule has 0 radical (unpaired) electrons. The van der Waals surface area contributed by atoms with Crippen molar-refractivity contribution in [1.29, 1.82) is 0 Å². The lowest BCUT2D eigenvalue weighted by atomic mass is 10.3. The Labute approximate surface area is 121 Å². The molecule has 1 aliphatic heterocycles. The molecule has 1 aliphatic rings. The summed E-state index contributed by atoms with van der Waals surface area (Å²) in [6, 6.07) is 5.69. The second-order valence-corrected chi connectivity index (χ2v) is 5.25. The number of quaternary nitrogens is 1. The number of unbranched alkanes of at least 4 members (excludes halogenated alkanes) is 1. The Kier molecular flexibility index (Phi) is 5.99. The van der Waals surface area contributed by atoms with Crippen LogP contribution in [0.15, 0.2) is 18.2 Å². The molecule has 1 aromatic rings. The van der Waals surface area contributed by atoms with E-state index >= 15 is 0 Å². The van der Waals surface area contributed by atoms with E-state index in [0.717, 1.165) is 17.9 Å². The lowest BCUT2D eigenvalue weighted by molar-refractivity contribution is -0.887. The van der Waals surface area contributed by atoms with Gasteiger partial charge in [-0.15, -0.1) is 0 Å². The van der Waals surface area contributed by atoms with Crippen molar-refractivity contribution in [2.24, 2.45) is 0 Å². The van der Waals surface area contributed by atoms with Crippen molar-refractivity contribution < 1.29 is 19.1 Å². The fourth-order valence-corrected chi connectivity index (χ4v) is 2.74. The first-order chi connectivity index (χ1) is 9.85. The molecule has 4 heteroatoms. The molecule has 0 aliphatic carbocycles. The Morgan fingerprint density at radius 3 is 2.25 bits per heavy atom. The van der Waals surface area contributed by atoms with Crippen LogP contribution in [0.25, 0.3) is 0 Å². The summed E-state index contributed by atoms with van der Waals surface area (Å²) in [4.78, 5) is 1.75. The molecule has 0 saturated carbocycles. The third-order valence-electron chi connectivity index (χ3n) is 3.86. The maximum atomic E-state index is 5.86. The summed E-state index contributed by atoms with van der Waals surface area (Å²) in [5, 5.41) is 0. The van der Waals surface area contributed by atoms with E-state index in [-0.39, 0.29) is 0 Å². The van der Waals surface area contributed by atoms with Crippen LogP contribution >= 0.6 is 0 Å². The molecule has 0 aromatic heterocycles. The van der Waals surface area contributed by atoms with Crippen LogP contribution in [-0.2, 0) is 0 Å². The van der Waals surface area contributed by atoms with Crippen LogP contribution in [0.4, 0.5) is 0 Å². The molecule has 0 spiro atoms. The largest absolute Gasteiger partial charge is 0.493 e. The zero-order chi connectivity index (χ0) is 14.2. The van der Waals surface area contributed by atoms with Gasteiger partial charge in [-0.1, -0.05) is 6.07 Å². The Morgan fingerprint density at radius 2 is 1.65 bits per heavy atom. The van der Waals surface area contributed by atoms with Crippen molar-refractivity contribution >= 4 is 0 Å². The third kappa shape index (κ3) is 4.04. The molecule has 4 nitrogen and oxygen atoms in total. The van der Waals surface area contributed by atoms with Crippen LogP contribution in [0, 0.1) is 0 Å². The summed E-state index contributed by atoms with van der Waals surface area (Å²) < 4.78 is 16.5. The normalized spacial score (nSPS) is 15.3. The lowest BCUT2D eigenvalue weighted by Crippen LogP contribution is -3.09. The highest BCUT2D eigenvalue weighted by molar-refractivity contribution is 5.51. The van der Waals surface area contributed by atoms with Gasteiger partial charge in [0.15, 0.2) is 11.5 Å². The van der Waals surface area contributed by atoms with E-state index in [1.165, 1.54) is 38.9 Å². The number of hydrogen-bond acceptors (Lipinski definition) is 3. The summed E-state index contributed by atoms with van der Waals surface area (Å²) in [6.45, 7) is 4.68. The van der Waals surface area contributed by atoms with E-state index in [0.29, 0.717) is 12.4 Å². The maximum absolute atomic E-state index is 5.86. The number of likely N-dealkylation sites (tertiary alicyclic amines) is 1. The smallest absolute Gasteiger partial charge is 0.203 e. The Balaban J connectivity index is 1.75. The van der Waals surface area contributed by atoms with Gasteiger partial charge in [0.2, 0.25) is 5.75 Å². The number of rotatable bonds is 8. The first-order valence-electron chi connectivity index (χ1n) is 7.52. The maximum Gasteiger partial charge on any atom is 0.203 e. The molecule has 20 heavy (non-hydrogen) atoms. The van der Waals surface area contributed by atoms with Gasteiger partial charge in [0.25, 0.3) is 0 Å². The third-order valence-corrected chi connectivity index (χ3v) is 3.86. The van der Waals surface area contributed by atoms with Crippen molar-refractivity contribution in [2.75, 3.05) is 40.5 Å². The average molecular weight is 280 g/mol. The van der Waals surface area contributed by atoms with Crippen molar-refractivity contribution in [3.8, 4) is 17.2 Å². The summed E-state index contributed by atoms with van der Waals surface area (Å²) >= 11 is 0. The number of benzene rings is 1. The first-order valence-corrected chi connectivity index (χ1v) is 7.52. The summed E-state index contributed by atoms with van der Waals surface area (Å²) in [5.74, 6) is 2.18. The van der Waals surface area contributed by atoms with Crippen molar-refractivity contribution in [3.63, 3.8) is 0 Å². The monoisotopic (exact) mass is 280 g/mol. The van der Waals surface area contributed by atoms with E-state index in [1.54, 1.807) is 19.1 Å². The second-order valence-electron chi connectivity index (χ2n) is 5.25. The number of para-hydroxylation sites is 1. The molecule has 0 atom stereocenters. The number of ether oxygens (including phenoxy) is 3. The molecule has 2 rings (SSSR count). The molecule has 1 heterocycles. The van der Waals surface area contributed by atoms with Gasteiger partial charge in [-0.2, -0.15) is 0 Å². The standard InChI is InChI=1S/C16H25NO3/c1-18-14-8-7-9-15(19-2)16(14)20-13-6-5-12-17-10-3-4-11-17/h7-9H,3-6,10-13H2,1-2H3/p+1. The number of nitrogens with one attached hydrogen (secondary N) is 1. The van der Waals surface area contributed by atoms with Gasteiger partial charge in [0.1, 0.15) is 0 Å². The van der Waals surface area contributed by atoms with Gasteiger partial charge in [-0.3, -0.25) is 0 Å². The zero-order valence-corrected chi connectivity index (χ0v) is 12.6. The van der Waals surface area contributed by atoms with E-state index in [2.05, 4.69) is 0 Å². The number of hydrogen-bond donors (Lipinski definition) is 1. The van der Waals surface area contributed by atoms with Crippen LogP contribution in [0.5, 0.6) is 17.2 Å². The fourth-order valence-electron chi connectivity index (χ4n) is 2.74. The van der Waals surface area contributed by atoms with Crippen LogP contribution in [0.3, 0.4) is 0 Å². The van der Waals surface area contributed by atoms with E-state index < -0.39 is 0 Å². The predicted octanol–water partition coefficient (Wildman–Crippen LogP) is 1.54. The van der Waals surface area contributed by atoms with Gasteiger partial charge in [0.05, 0.1) is 40.5 Å². The SMILES string of the molecule is COc1cccc(OC)c1OCCCC[NH+]1CCCC1. The highest BCUT2D eigenvalue weighted by Gasteiger charge is 2.14. The Morgan fingerprint density at radius 1 is 1.00 bits per heavy atom. The first kappa shape index (κ1) is 15.0. The van der Waals surface area contributed by atoms with Crippen LogP contribution in [-0.4, -0.2) is 40.5 Å².